The van der Waals surface area contributed by atoms with E-state index in [9.17, 15) is 14.0 Å². The fourth-order valence-corrected chi connectivity index (χ4v) is 1.63. The zero-order valence-corrected chi connectivity index (χ0v) is 11.5. The molecular formula is C16H13FO5. The minimum absolute atomic E-state index is 0.0832. The van der Waals surface area contributed by atoms with Gasteiger partial charge in [-0.3, -0.25) is 0 Å². The average Bonchev–Trinajstić information content (AvgIpc) is 2.54. The maximum Gasteiger partial charge on any atom is 0.343 e. The van der Waals surface area contributed by atoms with Crippen molar-refractivity contribution in [3.8, 4) is 5.75 Å². The van der Waals surface area contributed by atoms with Gasteiger partial charge in [0.25, 0.3) is 0 Å². The predicted octanol–water partition coefficient (Wildman–Crippen LogP) is 2.19. The second kappa shape index (κ2) is 7.33. The molecule has 1 N–H and O–H groups in total. The third-order valence-electron chi connectivity index (χ3n) is 2.70. The van der Waals surface area contributed by atoms with Crippen LogP contribution in [-0.2, 0) is 4.74 Å². The molecule has 0 saturated carbocycles. The number of aliphatic hydroxyl groups is 1. The highest BCUT2D eigenvalue weighted by Gasteiger charge is 2.10. The van der Waals surface area contributed by atoms with Crippen LogP contribution in [0.1, 0.15) is 20.7 Å². The third-order valence-corrected chi connectivity index (χ3v) is 2.70. The molecular weight excluding hydrogens is 291 g/mol. The lowest BCUT2D eigenvalue weighted by molar-refractivity contribution is 0.0433. The lowest BCUT2D eigenvalue weighted by Crippen LogP contribution is -2.10. The summed E-state index contributed by atoms with van der Waals surface area (Å²) in [4.78, 5) is 23.3. The highest BCUT2D eigenvalue weighted by Crippen LogP contribution is 2.15. The van der Waals surface area contributed by atoms with Crippen molar-refractivity contribution in [3.63, 3.8) is 0 Å². The Morgan fingerprint density at radius 2 is 1.45 bits per heavy atom. The maximum atomic E-state index is 12.8. The van der Waals surface area contributed by atoms with Gasteiger partial charge in [-0.05, 0) is 48.5 Å². The normalized spacial score (nSPS) is 10.1. The van der Waals surface area contributed by atoms with Crippen LogP contribution in [0.4, 0.5) is 4.39 Å². The first-order valence-corrected chi connectivity index (χ1v) is 6.46. The number of hydrogen-bond acceptors (Lipinski definition) is 5. The molecule has 0 aliphatic carbocycles. The van der Waals surface area contributed by atoms with Gasteiger partial charge >= 0.3 is 11.9 Å². The van der Waals surface area contributed by atoms with E-state index in [1.807, 2.05) is 0 Å². The van der Waals surface area contributed by atoms with E-state index in [2.05, 4.69) is 0 Å². The van der Waals surface area contributed by atoms with Gasteiger partial charge in [0, 0.05) is 0 Å². The molecule has 0 unspecified atom stereocenters. The molecule has 0 amide bonds. The van der Waals surface area contributed by atoms with E-state index in [1.165, 1.54) is 36.4 Å². The Morgan fingerprint density at radius 1 is 0.909 bits per heavy atom. The molecule has 0 spiro atoms. The molecule has 2 aromatic rings. The van der Waals surface area contributed by atoms with Crippen LogP contribution in [0.5, 0.6) is 5.75 Å². The average molecular weight is 304 g/mol. The van der Waals surface area contributed by atoms with Crippen LogP contribution >= 0.6 is 0 Å². The Bertz CT molecular complexity index is 649. The van der Waals surface area contributed by atoms with E-state index in [0.717, 1.165) is 12.1 Å². The summed E-state index contributed by atoms with van der Waals surface area (Å²) < 4.78 is 22.6. The summed E-state index contributed by atoms with van der Waals surface area (Å²) in [7, 11) is 0. The standard InChI is InChI=1S/C16H13FO5/c17-13-5-1-12(2-6-13)16(20)22-14-7-3-11(4-8-14)15(19)21-10-9-18/h1-8,18H,9-10H2. The summed E-state index contributed by atoms with van der Waals surface area (Å²) in [5.41, 5.74) is 0.489. The van der Waals surface area contributed by atoms with Crippen molar-refractivity contribution in [1.29, 1.82) is 0 Å². The summed E-state index contributed by atoms with van der Waals surface area (Å²) in [5, 5.41) is 8.57. The minimum Gasteiger partial charge on any atom is -0.460 e. The summed E-state index contributed by atoms with van der Waals surface area (Å²) >= 11 is 0. The molecule has 0 saturated heterocycles. The van der Waals surface area contributed by atoms with Gasteiger partial charge in [-0.2, -0.15) is 0 Å². The van der Waals surface area contributed by atoms with Gasteiger partial charge in [0.2, 0.25) is 0 Å². The van der Waals surface area contributed by atoms with Gasteiger partial charge in [-0.15, -0.1) is 0 Å². The first kappa shape index (κ1) is 15.7. The minimum atomic E-state index is -0.629. The third kappa shape index (κ3) is 4.13. The number of carbonyl (C=O) groups excluding carboxylic acids is 2. The van der Waals surface area contributed by atoms with Crippen molar-refractivity contribution >= 4 is 11.9 Å². The molecule has 22 heavy (non-hydrogen) atoms. The van der Waals surface area contributed by atoms with Crippen LogP contribution in [0.3, 0.4) is 0 Å². The second-order valence-electron chi connectivity index (χ2n) is 4.28. The van der Waals surface area contributed by atoms with Crippen molar-refractivity contribution in [2.45, 2.75) is 0 Å². The molecule has 0 aliphatic heterocycles. The quantitative estimate of drug-likeness (QED) is 0.677. The summed E-state index contributed by atoms with van der Waals surface area (Å²) in [6.45, 7) is -0.334. The topological polar surface area (TPSA) is 72.8 Å². The van der Waals surface area contributed by atoms with Crippen molar-refractivity contribution < 1.29 is 28.6 Å². The van der Waals surface area contributed by atoms with E-state index in [1.54, 1.807) is 0 Å². The number of halogens is 1. The van der Waals surface area contributed by atoms with Crippen LogP contribution in [0, 0.1) is 5.82 Å². The Labute approximate surface area is 125 Å². The van der Waals surface area contributed by atoms with Crippen molar-refractivity contribution in [2.24, 2.45) is 0 Å². The number of hydrogen-bond donors (Lipinski definition) is 1. The number of benzene rings is 2. The molecule has 0 aliphatic rings. The monoisotopic (exact) mass is 304 g/mol. The second-order valence-corrected chi connectivity index (χ2v) is 4.28. The molecule has 0 heterocycles. The molecule has 0 bridgehead atoms. The molecule has 0 aromatic heterocycles. The van der Waals surface area contributed by atoms with E-state index < -0.39 is 17.8 Å². The van der Waals surface area contributed by atoms with Gasteiger partial charge < -0.3 is 14.6 Å². The van der Waals surface area contributed by atoms with E-state index in [4.69, 9.17) is 14.6 Å². The molecule has 0 radical (unpaired) electrons. The largest absolute Gasteiger partial charge is 0.460 e. The zero-order chi connectivity index (χ0) is 15.9. The molecule has 6 heteroatoms. The molecule has 2 aromatic carbocycles. The van der Waals surface area contributed by atoms with Crippen LogP contribution in [0.2, 0.25) is 0 Å². The number of ether oxygens (including phenoxy) is 2. The first-order valence-electron chi connectivity index (χ1n) is 6.46. The van der Waals surface area contributed by atoms with Gasteiger partial charge in [-0.1, -0.05) is 0 Å². The predicted molar refractivity (Wildman–Crippen MR) is 75.2 cm³/mol. The molecule has 2 rings (SSSR count). The fourth-order valence-electron chi connectivity index (χ4n) is 1.63. The number of carbonyl (C=O) groups is 2. The Kier molecular flexibility index (Phi) is 5.21. The number of aliphatic hydroxyl groups excluding tert-OH is 1. The van der Waals surface area contributed by atoms with E-state index >= 15 is 0 Å². The summed E-state index contributed by atoms with van der Waals surface area (Å²) in [6.07, 6.45) is 0. The number of rotatable bonds is 5. The summed E-state index contributed by atoms with van der Waals surface area (Å²) in [5.74, 6) is -1.41. The van der Waals surface area contributed by atoms with E-state index in [-0.39, 0.29) is 30.1 Å². The SMILES string of the molecule is O=C(OCCO)c1ccc(OC(=O)c2ccc(F)cc2)cc1. The van der Waals surface area contributed by atoms with E-state index in [0.29, 0.717) is 0 Å². The van der Waals surface area contributed by atoms with Crippen molar-refractivity contribution in [2.75, 3.05) is 13.2 Å². The Morgan fingerprint density at radius 3 is 2.05 bits per heavy atom. The first-order chi connectivity index (χ1) is 10.6. The van der Waals surface area contributed by atoms with Gasteiger partial charge in [0.05, 0.1) is 17.7 Å². The van der Waals surface area contributed by atoms with Crippen LogP contribution in [0.25, 0.3) is 0 Å². The maximum absolute atomic E-state index is 12.8. The molecule has 0 atom stereocenters. The molecule has 114 valence electrons. The zero-order valence-electron chi connectivity index (χ0n) is 11.5. The van der Waals surface area contributed by atoms with Crippen molar-refractivity contribution in [3.05, 3.63) is 65.5 Å². The smallest absolute Gasteiger partial charge is 0.343 e. The van der Waals surface area contributed by atoms with Crippen LogP contribution in [0.15, 0.2) is 48.5 Å². The van der Waals surface area contributed by atoms with Gasteiger partial charge in [-0.25, -0.2) is 14.0 Å². The Hall–Kier alpha value is -2.73. The molecule has 5 nitrogen and oxygen atoms in total. The Balaban J connectivity index is 2.00. The lowest BCUT2D eigenvalue weighted by atomic mass is 10.2. The van der Waals surface area contributed by atoms with Gasteiger partial charge in [0.15, 0.2) is 0 Å². The summed E-state index contributed by atoms with van der Waals surface area (Å²) in [6, 6.07) is 10.7. The highest BCUT2D eigenvalue weighted by molar-refractivity contribution is 5.92. The van der Waals surface area contributed by atoms with Crippen molar-refractivity contribution in [1.82, 2.24) is 0 Å². The number of esters is 2. The lowest BCUT2D eigenvalue weighted by Gasteiger charge is -2.06. The molecule has 0 fully saturated rings. The van der Waals surface area contributed by atoms with Crippen LogP contribution < -0.4 is 4.74 Å². The van der Waals surface area contributed by atoms with Gasteiger partial charge in [0.1, 0.15) is 18.2 Å². The highest BCUT2D eigenvalue weighted by atomic mass is 19.1. The van der Waals surface area contributed by atoms with Crippen LogP contribution in [-0.4, -0.2) is 30.3 Å². The fraction of sp³-hybridized carbons (Fsp3) is 0.125.